The number of nitrogens with one attached hydrogen (secondary N) is 1. The highest BCUT2D eigenvalue weighted by molar-refractivity contribution is 6.38. The molecule has 6 heteroatoms. The molecule has 0 saturated carbocycles. The van der Waals surface area contributed by atoms with Crippen LogP contribution in [0.1, 0.15) is 0 Å². The average Bonchev–Trinajstić information content (AvgIpc) is 2.08. The number of nitrogens with zero attached hydrogens (tertiary/aromatic N) is 1. The molecule has 1 heterocycles. The second-order valence-electron chi connectivity index (χ2n) is 2.31. The van der Waals surface area contributed by atoms with Gasteiger partial charge in [0.1, 0.15) is 0 Å². The van der Waals surface area contributed by atoms with Crippen molar-refractivity contribution in [2.24, 2.45) is 5.73 Å². The minimum atomic E-state index is -0.822. The number of hydrogen-bond acceptors (Lipinski definition) is 4. The number of amides is 3. The van der Waals surface area contributed by atoms with Crippen molar-refractivity contribution in [2.75, 3.05) is 19.6 Å². The summed E-state index contributed by atoms with van der Waals surface area (Å²) in [5, 5.41) is 2.32. The molecule has 0 spiro atoms. The zero-order chi connectivity index (χ0) is 9.14. The summed E-state index contributed by atoms with van der Waals surface area (Å²) in [6, 6.07) is 0. The Morgan fingerprint density at radius 2 is 2.25 bits per heavy atom. The lowest BCUT2D eigenvalue weighted by Gasteiger charge is -2.23. The molecule has 0 unspecified atom stereocenters. The van der Waals surface area contributed by atoms with Crippen LogP contribution in [0.3, 0.4) is 0 Å². The number of rotatable bonds is 1. The third-order valence-electron chi connectivity index (χ3n) is 1.54. The Morgan fingerprint density at radius 3 is 2.83 bits per heavy atom. The van der Waals surface area contributed by atoms with E-state index in [0.717, 1.165) is 4.90 Å². The lowest BCUT2D eigenvalue weighted by Crippen LogP contribution is -2.55. The minimum absolute atomic E-state index is 0.209. The van der Waals surface area contributed by atoms with Gasteiger partial charge in [-0.15, -0.1) is 0 Å². The van der Waals surface area contributed by atoms with Crippen LogP contribution >= 0.6 is 0 Å². The van der Waals surface area contributed by atoms with Gasteiger partial charge in [-0.1, -0.05) is 0 Å². The van der Waals surface area contributed by atoms with Gasteiger partial charge >= 0.3 is 11.8 Å². The van der Waals surface area contributed by atoms with Crippen molar-refractivity contribution in [1.82, 2.24) is 10.2 Å². The van der Waals surface area contributed by atoms with E-state index < -0.39 is 17.7 Å². The van der Waals surface area contributed by atoms with Gasteiger partial charge in [0, 0.05) is 13.1 Å². The van der Waals surface area contributed by atoms with Crippen LogP contribution in [0.15, 0.2) is 0 Å². The second kappa shape index (κ2) is 3.31. The summed E-state index contributed by atoms with van der Waals surface area (Å²) in [7, 11) is 0. The van der Waals surface area contributed by atoms with Gasteiger partial charge in [0.2, 0.25) is 5.91 Å². The predicted molar refractivity (Wildman–Crippen MR) is 38.8 cm³/mol. The Bertz CT molecular complexity index is 238. The van der Waals surface area contributed by atoms with E-state index in [1.54, 1.807) is 0 Å². The fraction of sp³-hybridized carbons (Fsp3) is 0.500. The number of hydrogen-bond donors (Lipinski definition) is 2. The van der Waals surface area contributed by atoms with Crippen LogP contribution < -0.4 is 11.1 Å². The molecule has 1 aliphatic rings. The first-order valence-corrected chi connectivity index (χ1v) is 3.49. The molecule has 66 valence electrons. The standard InChI is InChI=1S/C6H9N3O3/c7-3-4(10)9-2-1-8-5(11)6(9)12/h1-3,7H2,(H,8,11). The fourth-order valence-corrected chi connectivity index (χ4v) is 0.929. The van der Waals surface area contributed by atoms with Gasteiger partial charge in [-0.05, 0) is 0 Å². The first-order valence-electron chi connectivity index (χ1n) is 3.49. The third kappa shape index (κ3) is 1.42. The topological polar surface area (TPSA) is 92.5 Å². The zero-order valence-electron chi connectivity index (χ0n) is 6.37. The van der Waals surface area contributed by atoms with E-state index in [-0.39, 0.29) is 13.1 Å². The summed E-state index contributed by atoms with van der Waals surface area (Å²) in [5.41, 5.74) is 5.04. The molecule has 3 amide bonds. The van der Waals surface area contributed by atoms with Gasteiger partial charge in [-0.25, -0.2) is 0 Å². The Kier molecular flexibility index (Phi) is 2.39. The van der Waals surface area contributed by atoms with Crippen molar-refractivity contribution in [3.05, 3.63) is 0 Å². The normalized spacial score (nSPS) is 17.6. The fourth-order valence-electron chi connectivity index (χ4n) is 0.929. The Morgan fingerprint density at radius 1 is 1.58 bits per heavy atom. The van der Waals surface area contributed by atoms with E-state index in [2.05, 4.69) is 5.32 Å². The maximum absolute atomic E-state index is 11.0. The molecule has 1 fully saturated rings. The lowest BCUT2D eigenvalue weighted by molar-refractivity contribution is -0.154. The van der Waals surface area contributed by atoms with E-state index >= 15 is 0 Å². The smallest absolute Gasteiger partial charge is 0.318 e. The number of carbonyl (C=O) groups is 3. The van der Waals surface area contributed by atoms with Crippen molar-refractivity contribution in [3.8, 4) is 0 Å². The molecular formula is C6H9N3O3. The molecule has 3 N–H and O–H groups in total. The van der Waals surface area contributed by atoms with Crippen molar-refractivity contribution in [2.45, 2.75) is 0 Å². The average molecular weight is 171 g/mol. The Balaban J connectivity index is 2.70. The first-order chi connectivity index (χ1) is 5.66. The number of nitrogens with two attached hydrogens (primary N) is 1. The van der Waals surface area contributed by atoms with Gasteiger partial charge in [-0.3, -0.25) is 19.3 Å². The minimum Gasteiger partial charge on any atom is -0.346 e. The monoisotopic (exact) mass is 171 g/mol. The molecular weight excluding hydrogens is 162 g/mol. The number of piperazine rings is 1. The SMILES string of the molecule is NCC(=O)N1CCNC(=O)C1=O. The molecule has 0 aliphatic carbocycles. The largest absolute Gasteiger partial charge is 0.346 e. The van der Waals surface area contributed by atoms with Crippen molar-refractivity contribution in [3.63, 3.8) is 0 Å². The van der Waals surface area contributed by atoms with Crippen LogP contribution in [0.2, 0.25) is 0 Å². The van der Waals surface area contributed by atoms with Gasteiger partial charge in [0.25, 0.3) is 0 Å². The van der Waals surface area contributed by atoms with E-state index in [4.69, 9.17) is 5.73 Å². The van der Waals surface area contributed by atoms with Gasteiger partial charge in [-0.2, -0.15) is 0 Å². The van der Waals surface area contributed by atoms with Crippen molar-refractivity contribution in [1.29, 1.82) is 0 Å². The van der Waals surface area contributed by atoms with Gasteiger partial charge < -0.3 is 11.1 Å². The molecule has 12 heavy (non-hydrogen) atoms. The maximum Gasteiger partial charge on any atom is 0.318 e. The predicted octanol–water partition coefficient (Wildman–Crippen LogP) is -2.57. The highest BCUT2D eigenvalue weighted by Crippen LogP contribution is 1.95. The molecule has 0 aromatic carbocycles. The molecule has 0 radical (unpaired) electrons. The highest BCUT2D eigenvalue weighted by atomic mass is 16.2. The summed E-state index contributed by atoms with van der Waals surface area (Å²) >= 11 is 0. The van der Waals surface area contributed by atoms with Gasteiger partial charge in [0.05, 0.1) is 6.54 Å². The third-order valence-corrected chi connectivity index (χ3v) is 1.54. The molecule has 0 aromatic heterocycles. The number of carbonyl (C=O) groups excluding carboxylic acids is 3. The maximum atomic E-state index is 11.0. The van der Waals surface area contributed by atoms with E-state index in [1.165, 1.54) is 0 Å². The molecule has 1 rings (SSSR count). The zero-order valence-corrected chi connectivity index (χ0v) is 6.37. The molecule has 1 aliphatic heterocycles. The molecule has 1 saturated heterocycles. The molecule has 6 nitrogen and oxygen atoms in total. The molecule has 0 atom stereocenters. The van der Waals surface area contributed by atoms with E-state index in [9.17, 15) is 14.4 Å². The first kappa shape index (κ1) is 8.66. The van der Waals surface area contributed by atoms with E-state index in [0.29, 0.717) is 6.54 Å². The summed E-state index contributed by atoms with van der Waals surface area (Å²) < 4.78 is 0. The van der Waals surface area contributed by atoms with Crippen LogP contribution in [0.5, 0.6) is 0 Å². The van der Waals surface area contributed by atoms with E-state index in [1.807, 2.05) is 0 Å². The summed E-state index contributed by atoms with van der Waals surface area (Å²) in [6.07, 6.45) is 0. The van der Waals surface area contributed by atoms with Crippen molar-refractivity contribution >= 4 is 17.7 Å². The van der Waals surface area contributed by atoms with Crippen LogP contribution in [-0.4, -0.2) is 42.3 Å². The summed E-state index contributed by atoms with van der Waals surface area (Å²) in [6.45, 7) is 0.260. The highest BCUT2D eigenvalue weighted by Gasteiger charge is 2.29. The molecule has 0 bridgehead atoms. The quantitative estimate of drug-likeness (QED) is 0.424. The van der Waals surface area contributed by atoms with Gasteiger partial charge in [0.15, 0.2) is 0 Å². The van der Waals surface area contributed by atoms with Crippen LogP contribution in [0, 0.1) is 0 Å². The Hall–Kier alpha value is -1.43. The van der Waals surface area contributed by atoms with Crippen LogP contribution in [0.25, 0.3) is 0 Å². The lowest BCUT2D eigenvalue weighted by atomic mass is 10.3. The Labute approximate surface area is 68.7 Å². The van der Waals surface area contributed by atoms with Crippen LogP contribution in [-0.2, 0) is 14.4 Å². The summed E-state index contributed by atoms with van der Waals surface area (Å²) in [4.78, 5) is 33.5. The van der Waals surface area contributed by atoms with Crippen LogP contribution in [0.4, 0.5) is 0 Å². The number of imide groups is 1. The second-order valence-corrected chi connectivity index (χ2v) is 2.31. The molecule has 0 aromatic rings. The van der Waals surface area contributed by atoms with Crippen molar-refractivity contribution < 1.29 is 14.4 Å². The summed E-state index contributed by atoms with van der Waals surface area (Å²) in [5.74, 6) is -2.09.